The van der Waals surface area contributed by atoms with Gasteiger partial charge < -0.3 is 15.4 Å². The van der Waals surface area contributed by atoms with E-state index < -0.39 is 0 Å². The van der Waals surface area contributed by atoms with Gasteiger partial charge in [-0.25, -0.2) is 0 Å². The molecule has 18 heavy (non-hydrogen) atoms. The van der Waals surface area contributed by atoms with Crippen molar-refractivity contribution in [1.82, 2.24) is 15.5 Å². The highest BCUT2D eigenvalue weighted by Gasteiger charge is 2.36. The third-order valence-corrected chi connectivity index (χ3v) is 3.99. The van der Waals surface area contributed by atoms with Gasteiger partial charge in [0.05, 0.1) is 6.61 Å². The van der Waals surface area contributed by atoms with Crippen LogP contribution in [-0.4, -0.2) is 62.8 Å². The zero-order valence-electron chi connectivity index (χ0n) is 11.3. The second kappa shape index (κ2) is 7.07. The summed E-state index contributed by atoms with van der Waals surface area (Å²) in [6.07, 6.45) is 4.45. The first-order valence-electron chi connectivity index (χ1n) is 7.04. The zero-order chi connectivity index (χ0) is 12.8. The van der Waals surface area contributed by atoms with Crippen LogP contribution in [0.5, 0.6) is 0 Å². The third-order valence-electron chi connectivity index (χ3n) is 3.99. The number of ether oxygens (including phenoxy) is 1. The predicted molar refractivity (Wildman–Crippen MR) is 70.5 cm³/mol. The molecule has 2 atom stereocenters. The highest BCUT2D eigenvalue weighted by atomic mass is 16.5. The molecule has 2 saturated heterocycles. The predicted octanol–water partition coefficient (Wildman–Crippen LogP) is -0.0346. The Morgan fingerprint density at radius 3 is 3.06 bits per heavy atom. The molecule has 2 heterocycles. The normalized spacial score (nSPS) is 27.4. The molecule has 0 saturated carbocycles. The van der Waals surface area contributed by atoms with Gasteiger partial charge >= 0.3 is 0 Å². The number of hydrogen-bond acceptors (Lipinski definition) is 4. The first kappa shape index (κ1) is 13.8. The molecule has 2 fully saturated rings. The second-order valence-electron chi connectivity index (χ2n) is 5.19. The van der Waals surface area contributed by atoms with Crippen molar-refractivity contribution in [3.8, 4) is 0 Å². The number of rotatable bonds is 7. The van der Waals surface area contributed by atoms with Crippen LogP contribution < -0.4 is 10.6 Å². The summed E-state index contributed by atoms with van der Waals surface area (Å²) in [5, 5.41) is 6.38. The Labute approximate surface area is 109 Å². The summed E-state index contributed by atoms with van der Waals surface area (Å²) in [5.41, 5.74) is 0. The largest absolute Gasteiger partial charge is 0.383 e. The lowest BCUT2D eigenvalue weighted by molar-refractivity contribution is -0.121. The molecule has 0 aliphatic carbocycles. The average molecular weight is 255 g/mol. The van der Waals surface area contributed by atoms with Crippen LogP contribution in [0.3, 0.4) is 0 Å². The fourth-order valence-electron chi connectivity index (χ4n) is 3.07. The minimum atomic E-state index is 0.112. The molecule has 104 valence electrons. The lowest BCUT2D eigenvalue weighted by atomic mass is 10.1. The Morgan fingerprint density at radius 1 is 1.33 bits per heavy atom. The summed E-state index contributed by atoms with van der Waals surface area (Å²) in [7, 11) is 1.64. The Hall–Kier alpha value is -0.650. The van der Waals surface area contributed by atoms with E-state index in [1.807, 2.05) is 0 Å². The van der Waals surface area contributed by atoms with Gasteiger partial charge in [0.15, 0.2) is 0 Å². The zero-order valence-corrected chi connectivity index (χ0v) is 11.3. The molecule has 0 radical (unpaired) electrons. The Bertz CT molecular complexity index is 273. The molecule has 0 aromatic heterocycles. The smallest absolute Gasteiger partial charge is 0.221 e. The molecule has 1 amide bonds. The van der Waals surface area contributed by atoms with Gasteiger partial charge in [-0.05, 0) is 25.8 Å². The number of carbonyl (C=O) groups is 1. The van der Waals surface area contributed by atoms with Gasteiger partial charge in [0.25, 0.3) is 0 Å². The van der Waals surface area contributed by atoms with Crippen molar-refractivity contribution in [3.63, 3.8) is 0 Å². The fraction of sp³-hybridized carbons (Fsp3) is 0.923. The first-order chi connectivity index (χ1) is 8.81. The summed E-state index contributed by atoms with van der Waals surface area (Å²) in [4.78, 5) is 14.1. The van der Waals surface area contributed by atoms with E-state index in [1.165, 1.54) is 32.4 Å². The van der Waals surface area contributed by atoms with E-state index in [2.05, 4.69) is 15.5 Å². The fourth-order valence-corrected chi connectivity index (χ4v) is 3.07. The molecule has 0 aromatic rings. The lowest BCUT2D eigenvalue weighted by Gasteiger charge is -2.21. The minimum Gasteiger partial charge on any atom is -0.383 e. The van der Waals surface area contributed by atoms with Crippen molar-refractivity contribution in [1.29, 1.82) is 0 Å². The lowest BCUT2D eigenvalue weighted by Crippen LogP contribution is -2.40. The van der Waals surface area contributed by atoms with Crippen LogP contribution in [0, 0.1) is 0 Å². The summed E-state index contributed by atoms with van der Waals surface area (Å²) in [5.74, 6) is 0.112. The molecule has 0 spiro atoms. The van der Waals surface area contributed by atoms with Crippen molar-refractivity contribution < 1.29 is 9.53 Å². The molecule has 5 heteroatoms. The van der Waals surface area contributed by atoms with Crippen LogP contribution >= 0.6 is 0 Å². The van der Waals surface area contributed by atoms with Crippen LogP contribution in [0.2, 0.25) is 0 Å². The maximum Gasteiger partial charge on any atom is 0.221 e. The quantitative estimate of drug-likeness (QED) is 0.627. The molecule has 5 nitrogen and oxygen atoms in total. The molecule has 0 bridgehead atoms. The number of carbonyl (C=O) groups excluding carboxylic acids is 1. The van der Waals surface area contributed by atoms with Crippen LogP contribution in [0.1, 0.15) is 25.7 Å². The second-order valence-corrected chi connectivity index (χ2v) is 5.19. The van der Waals surface area contributed by atoms with Crippen LogP contribution in [-0.2, 0) is 9.53 Å². The maximum atomic E-state index is 11.5. The van der Waals surface area contributed by atoms with Crippen LogP contribution in [0.15, 0.2) is 0 Å². The first-order valence-corrected chi connectivity index (χ1v) is 7.04. The van der Waals surface area contributed by atoms with E-state index in [1.54, 1.807) is 7.11 Å². The Morgan fingerprint density at radius 2 is 2.22 bits per heavy atom. The topological polar surface area (TPSA) is 53.6 Å². The van der Waals surface area contributed by atoms with Gasteiger partial charge in [-0.1, -0.05) is 0 Å². The van der Waals surface area contributed by atoms with Crippen molar-refractivity contribution in [2.45, 2.75) is 37.8 Å². The molecule has 0 aromatic carbocycles. The Kier molecular flexibility index (Phi) is 5.41. The van der Waals surface area contributed by atoms with E-state index in [4.69, 9.17) is 4.74 Å². The number of hydrogen-bond donors (Lipinski definition) is 2. The molecule has 2 unspecified atom stereocenters. The number of methoxy groups -OCH3 is 1. The highest BCUT2D eigenvalue weighted by Crippen LogP contribution is 2.27. The van der Waals surface area contributed by atoms with E-state index in [9.17, 15) is 4.79 Å². The summed E-state index contributed by atoms with van der Waals surface area (Å²) in [6.45, 7) is 4.46. The van der Waals surface area contributed by atoms with E-state index in [0.29, 0.717) is 25.6 Å². The van der Waals surface area contributed by atoms with Crippen LogP contribution in [0.25, 0.3) is 0 Å². The van der Waals surface area contributed by atoms with E-state index in [-0.39, 0.29) is 5.91 Å². The molecular formula is C13H25N3O2. The van der Waals surface area contributed by atoms with Gasteiger partial charge in [0, 0.05) is 45.2 Å². The van der Waals surface area contributed by atoms with Crippen molar-refractivity contribution in [2.75, 3.05) is 39.9 Å². The minimum absolute atomic E-state index is 0.112. The van der Waals surface area contributed by atoms with E-state index >= 15 is 0 Å². The average Bonchev–Trinajstić information content (AvgIpc) is 2.94. The SMILES string of the molecule is COCCNC(=O)CCNC1CCN2CCCC12. The molecule has 2 N–H and O–H groups in total. The van der Waals surface area contributed by atoms with Crippen molar-refractivity contribution in [3.05, 3.63) is 0 Å². The molecular weight excluding hydrogens is 230 g/mol. The number of amides is 1. The van der Waals surface area contributed by atoms with Gasteiger partial charge in [-0.15, -0.1) is 0 Å². The summed E-state index contributed by atoms with van der Waals surface area (Å²) >= 11 is 0. The highest BCUT2D eigenvalue weighted by molar-refractivity contribution is 5.76. The van der Waals surface area contributed by atoms with Crippen LogP contribution in [0.4, 0.5) is 0 Å². The van der Waals surface area contributed by atoms with Crippen molar-refractivity contribution >= 4 is 5.91 Å². The van der Waals surface area contributed by atoms with Gasteiger partial charge in [-0.3, -0.25) is 9.69 Å². The number of nitrogens with one attached hydrogen (secondary N) is 2. The standard InChI is InChI=1S/C13H25N3O2/c1-18-10-7-15-13(17)4-6-14-11-5-9-16-8-2-3-12(11)16/h11-12,14H,2-10H2,1H3,(H,15,17). The molecule has 2 rings (SSSR count). The number of fused-ring (bicyclic) bond motifs is 1. The molecule has 2 aliphatic rings. The van der Waals surface area contributed by atoms with E-state index in [0.717, 1.165) is 12.6 Å². The summed E-state index contributed by atoms with van der Waals surface area (Å²) in [6, 6.07) is 1.32. The maximum absolute atomic E-state index is 11.5. The van der Waals surface area contributed by atoms with Gasteiger partial charge in [-0.2, -0.15) is 0 Å². The number of nitrogens with zero attached hydrogens (tertiary/aromatic N) is 1. The summed E-state index contributed by atoms with van der Waals surface area (Å²) < 4.78 is 4.89. The third kappa shape index (κ3) is 3.67. The molecule has 2 aliphatic heterocycles. The Balaban J connectivity index is 1.56. The van der Waals surface area contributed by atoms with Crippen molar-refractivity contribution in [2.24, 2.45) is 0 Å². The van der Waals surface area contributed by atoms with Gasteiger partial charge in [0.2, 0.25) is 5.91 Å². The monoisotopic (exact) mass is 255 g/mol. The van der Waals surface area contributed by atoms with Gasteiger partial charge in [0.1, 0.15) is 0 Å².